The van der Waals surface area contributed by atoms with Gasteiger partial charge in [-0.3, -0.25) is 9.48 Å². The summed E-state index contributed by atoms with van der Waals surface area (Å²) in [6.07, 6.45) is 9.28. The number of sulfonamides is 1. The van der Waals surface area contributed by atoms with Crippen molar-refractivity contribution in [1.82, 2.24) is 19.4 Å². The highest BCUT2D eigenvalue weighted by Gasteiger charge is 2.35. The van der Waals surface area contributed by atoms with E-state index < -0.39 is 10.0 Å². The molecule has 4 rings (SSSR count). The van der Waals surface area contributed by atoms with Crippen LogP contribution in [0.25, 0.3) is 0 Å². The summed E-state index contributed by atoms with van der Waals surface area (Å²) in [6.45, 7) is 8.50. The lowest BCUT2D eigenvalue weighted by Gasteiger charge is -2.36. The van der Waals surface area contributed by atoms with E-state index in [1.54, 1.807) is 10.9 Å². The first-order valence-electron chi connectivity index (χ1n) is 13.0. The van der Waals surface area contributed by atoms with Crippen LogP contribution in [0.3, 0.4) is 0 Å². The summed E-state index contributed by atoms with van der Waals surface area (Å²) in [5.74, 6) is -0.331. The fourth-order valence-corrected chi connectivity index (χ4v) is 6.67. The summed E-state index contributed by atoms with van der Waals surface area (Å²) in [5, 5.41) is 7.33. The Hall–Kier alpha value is -2.39. The SMILES string of the molecule is CCn1cc(C(=O)NC2CCCCCCC2)c(S(=O)(=O)N2CCN(c3cccc(C)c3C)CC2)n1. The molecule has 0 atom stereocenters. The van der Waals surface area contributed by atoms with Crippen LogP contribution in [-0.2, 0) is 16.6 Å². The molecule has 2 fully saturated rings. The molecule has 2 aromatic rings. The van der Waals surface area contributed by atoms with Gasteiger partial charge in [0.25, 0.3) is 15.9 Å². The first-order valence-corrected chi connectivity index (χ1v) is 14.4. The molecule has 0 unspecified atom stereocenters. The molecular weight excluding hydrogens is 462 g/mol. The first-order chi connectivity index (χ1) is 16.8. The fourth-order valence-electron chi connectivity index (χ4n) is 5.15. The van der Waals surface area contributed by atoms with E-state index in [1.165, 1.54) is 34.7 Å². The summed E-state index contributed by atoms with van der Waals surface area (Å²) >= 11 is 0. The minimum atomic E-state index is -3.89. The molecule has 1 saturated heterocycles. The number of carbonyl (C=O) groups excluding carboxylic acids is 1. The van der Waals surface area contributed by atoms with Gasteiger partial charge < -0.3 is 10.2 Å². The van der Waals surface area contributed by atoms with Crippen molar-refractivity contribution in [3.63, 3.8) is 0 Å². The second-order valence-corrected chi connectivity index (χ2v) is 11.7. The molecule has 2 aliphatic rings. The Labute approximate surface area is 209 Å². The van der Waals surface area contributed by atoms with Crippen LogP contribution in [0.2, 0.25) is 0 Å². The Morgan fingerprint density at radius 3 is 2.34 bits per heavy atom. The molecule has 9 heteroatoms. The smallest absolute Gasteiger partial charge is 0.263 e. The minimum Gasteiger partial charge on any atom is -0.369 e. The molecule has 1 aromatic heterocycles. The standard InChI is InChI=1S/C26H39N5O3S/c1-4-30-19-23(25(32)27-22-12-8-6-5-7-9-13-22)26(28-30)35(33,34)31-17-15-29(16-18-31)24-14-10-11-20(2)21(24)3/h10-11,14,19,22H,4-9,12-13,15-18H2,1-3H3,(H,27,32). The van der Waals surface area contributed by atoms with Gasteiger partial charge in [-0.25, -0.2) is 8.42 Å². The minimum absolute atomic E-state index is 0.0874. The van der Waals surface area contributed by atoms with E-state index in [0.29, 0.717) is 32.7 Å². The van der Waals surface area contributed by atoms with Gasteiger partial charge in [0.2, 0.25) is 5.03 Å². The van der Waals surface area contributed by atoms with E-state index in [-0.39, 0.29) is 22.5 Å². The van der Waals surface area contributed by atoms with Gasteiger partial charge in [0.15, 0.2) is 0 Å². The quantitative estimate of drug-likeness (QED) is 0.649. The lowest BCUT2D eigenvalue weighted by atomic mass is 9.96. The van der Waals surface area contributed by atoms with Crippen molar-refractivity contribution < 1.29 is 13.2 Å². The Bertz CT molecular complexity index is 1130. The van der Waals surface area contributed by atoms with Gasteiger partial charge in [0.1, 0.15) is 0 Å². The predicted molar refractivity (Wildman–Crippen MR) is 138 cm³/mol. The maximum absolute atomic E-state index is 13.7. The summed E-state index contributed by atoms with van der Waals surface area (Å²) in [6, 6.07) is 6.31. The van der Waals surface area contributed by atoms with E-state index >= 15 is 0 Å². The highest BCUT2D eigenvalue weighted by molar-refractivity contribution is 7.89. The topological polar surface area (TPSA) is 87.5 Å². The van der Waals surface area contributed by atoms with Crippen molar-refractivity contribution in [3.05, 3.63) is 41.1 Å². The van der Waals surface area contributed by atoms with Gasteiger partial charge in [-0.05, 0) is 50.8 Å². The number of rotatable bonds is 6. The van der Waals surface area contributed by atoms with Gasteiger partial charge in [0.05, 0.1) is 5.56 Å². The summed E-state index contributed by atoms with van der Waals surface area (Å²) in [4.78, 5) is 15.5. The number of nitrogens with zero attached hydrogens (tertiary/aromatic N) is 4. The Balaban J connectivity index is 1.50. The molecule has 0 spiro atoms. The van der Waals surface area contributed by atoms with E-state index in [4.69, 9.17) is 0 Å². The summed E-state index contributed by atoms with van der Waals surface area (Å²) in [5.41, 5.74) is 3.75. The van der Waals surface area contributed by atoms with Gasteiger partial charge in [-0.2, -0.15) is 9.40 Å². The first kappa shape index (κ1) is 25.7. The van der Waals surface area contributed by atoms with Crippen LogP contribution < -0.4 is 10.2 Å². The van der Waals surface area contributed by atoms with Crippen LogP contribution in [0.1, 0.15) is 73.4 Å². The molecule has 192 valence electrons. The van der Waals surface area contributed by atoms with Crippen molar-refractivity contribution in [2.45, 2.75) is 83.3 Å². The molecule has 1 saturated carbocycles. The normalized spacial score (nSPS) is 18.8. The average Bonchev–Trinajstić information content (AvgIpc) is 3.28. The maximum Gasteiger partial charge on any atom is 0.263 e. The molecule has 0 radical (unpaired) electrons. The van der Waals surface area contributed by atoms with Gasteiger partial charge in [0, 0.05) is 50.6 Å². The van der Waals surface area contributed by atoms with E-state index in [2.05, 4.69) is 41.3 Å². The van der Waals surface area contributed by atoms with Crippen molar-refractivity contribution in [2.24, 2.45) is 0 Å². The van der Waals surface area contributed by atoms with Crippen LogP contribution >= 0.6 is 0 Å². The largest absolute Gasteiger partial charge is 0.369 e. The Morgan fingerprint density at radius 2 is 1.69 bits per heavy atom. The summed E-state index contributed by atoms with van der Waals surface area (Å²) in [7, 11) is -3.89. The highest BCUT2D eigenvalue weighted by Crippen LogP contribution is 2.27. The maximum atomic E-state index is 13.7. The zero-order chi connectivity index (χ0) is 25.0. The lowest BCUT2D eigenvalue weighted by Crippen LogP contribution is -2.49. The molecule has 1 N–H and O–H groups in total. The Kier molecular flexibility index (Phi) is 8.16. The third kappa shape index (κ3) is 5.72. The lowest BCUT2D eigenvalue weighted by molar-refractivity contribution is 0.0926. The number of anilines is 1. The molecule has 0 bridgehead atoms. The third-order valence-electron chi connectivity index (χ3n) is 7.48. The zero-order valence-corrected chi connectivity index (χ0v) is 22.1. The van der Waals surface area contributed by atoms with E-state index in [9.17, 15) is 13.2 Å². The molecule has 1 aliphatic heterocycles. The zero-order valence-electron chi connectivity index (χ0n) is 21.3. The molecule has 8 nitrogen and oxygen atoms in total. The number of aromatic nitrogens is 2. The fraction of sp³-hybridized carbons (Fsp3) is 0.615. The van der Waals surface area contributed by atoms with Crippen LogP contribution in [-0.4, -0.2) is 60.6 Å². The number of carbonyl (C=O) groups is 1. The number of aryl methyl sites for hydroxylation is 2. The molecule has 1 aliphatic carbocycles. The Morgan fingerprint density at radius 1 is 1.03 bits per heavy atom. The van der Waals surface area contributed by atoms with Crippen molar-refractivity contribution in [2.75, 3.05) is 31.1 Å². The molecule has 2 heterocycles. The number of benzene rings is 1. The van der Waals surface area contributed by atoms with Gasteiger partial charge >= 0.3 is 0 Å². The van der Waals surface area contributed by atoms with E-state index in [1.807, 2.05) is 13.0 Å². The predicted octanol–water partition coefficient (Wildman–Crippen LogP) is 3.87. The number of hydrogen-bond acceptors (Lipinski definition) is 5. The van der Waals surface area contributed by atoms with Crippen molar-refractivity contribution in [1.29, 1.82) is 0 Å². The summed E-state index contributed by atoms with van der Waals surface area (Å²) < 4.78 is 30.3. The molecular formula is C26H39N5O3S. The van der Waals surface area contributed by atoms with Gasteiger partial charge in [-0.1, -0.05) is 44.2 Å². The van der Waals surface area contributed by atoms with Crippen LogP contribution in [0.15, 0.2) is 29.4 Å². The molecule has 1 aromatic carbocycles. The van der Waals surface area contributed by atoms with Crippen LogP contribution in [0, 0.1) is 13.8 Å². The second kappa shape index (κ2) is 11.1. The number of piperazine rings is 1. The molecule has 35 heavy (non-hydrogen) atoms. The highest BCUT2D eigenvalue weighted by atomic mass is 32.2. The van der Waals surface area contributed by atoms with E-state index in [0.717, 1.165) is 31.4 Å². The van der Waals surface area contributed by atoms with Crippen LogP contribution in [0.5, 0.6) is 0 Å². The number of hydrogen-bond donors (Lipinski definition) is 1. The van der Waals surface area contributed by atoms with Gasteiger partial charge in [-0.15, -0.1) is 0 Å². The molecule has 1 amide bonds. The van der Waals surface area contributed by atoms with Crippen molar-refractivity contribution >= 4 is 21.6 Å². The monoisotopic (exact) mass is 501 g/mol. The van der Waals surface area contributed by atoms with Crippen LogP contribution in [0.4, 0.5) is 5.69 Å². The third-order valence-corrected chi connectivity index (χ3v) is 9.31. The number of nitrogens with one attached hydrogen (secondary N) is 1. The number of amides is 1. The van der Waals surface area contributed by atoms with Crippen molar-refractivity contribution in [3.8, 4) is 0 Å². The average molecular weight is 502 g/mol. The second-order valence-electron chi connectivity index (χ2n) is 9.83.